The third-order valence-electron chi connectivity index (χ3n) is 5.02. The maximum atomic E-state index is 12.6. The number of carbonyl (C=O) groups excluding carboxylic acids is 1. The van der Waals surface area contributed by atoms with Crippen LogP contribution in [0.3, 0.4) is 0 Å². The molecule has 1 saturated carbocycles. The molecule has 0 aromatic carbocycles. The molecular formula is C16H23N3O3. The second kappa shape index (κ2) is 6.50. The number of aromatic amines is 1. The van der Waals surface area contributed by atoms with Crippen LogP contribution >= 0.6 is 0 Å². The fraction of sp³-hybridized carbons (Fsp3) is 0.688. The average molecular weight is 305 g/mol. The molecule has 120 valence electrons. The van der Waals surface area contributed by atoms with Crippen molar-refractivity contribution in [2.24, 2.45) is 5.92 Å². The van der Waals surface area contributed by atoms with E-state index < -0.39 is 11.2 Å². The number of hydrogen-bond acceptors (Lipinski definition) is 3. The molecule has 6 nitrogen and oxygen atoms in total. The molecule has 6 heteroatoms. The Balaban J connectivity index is 1.70. The van der Waals surface area contributed by atoms with Crippen molar-refractivity contribution in [3.05, 3.63) is 33.1 Å². The van der Waals surface area contributed by atoms with E-state index in [1.165, 1.54) is 48.9 Å². The van der Waals surface area contributed by atoms with E-state index in [1.54, 1.807) is 0 Å². The molecule has 1 saturated heterocycles. The van der Waals surface area contributed by atoms with Crippen LogP contribution in [-0.4, -0.2) is 32.9 Å². The van der Waals surface area contributed by atoms with Crippen LogP contribution in [0.5, 0.6) is 0 Å². The van der Waals surface area contributed by atoms with Crippen molar-refractivity contribution in [3.8, 4) is 0 Å². The van der Waals surface area contributed by atoms with Gasteiger partial charge in [-0.1, -0.05) is 19.3 Å². The van der Waals surface area contributed by atoms with Gasteiger partial charge in [0, 0.05) is 24.8 Å². The molecule has 2 aliphatic rings. The number of nitrogens with one attached hydrogen (secondary N) is 1. The van der Waals surface area contributed by atoms with E-state index in [-0.39, 0.29) is 12.5 Å². The van der Waals surface area contributed by atoms with Gasteiger partial charge < -0.3 is 4.90 Å². The molecular weight excluding hydrogens is 282 g/mol. The van der Waals surface area contributed by atoms with E-state index in [9.17, 15) is 14.4 Å². The normalized spacial score (nSPS) is 22.9. The van der Waals surface area contributed by atoms with Gasteiger partial charge in [0.15, 0.2) is 0 Å². The zero-order valence-electron chi connectivity index (χ0n) is 12.8. The molecule has 2 heterocycles. The molecule has 3 rings (SSSR count). The van der Waals surface area contributed by atoms with Crippen molar-refractivity contribution in [3.63, 3.8) is 0 Å². The quantitative estimate of drug-likeness (QED) is 0.909. The minimum atomic E-state index is -0.519. The Hall–Kier alpha value is -1.85. The van der Waals surface area contributed by atoms with Crippen LogP contribution in [-0.2, 0) is 11.3 Å². The molecule has 0 spiro atoms. The lowest BCUT2D eigenvalue weighted by atomic mass is 9.83. The Morgan fingerprint density at radius 1 is 1.14 bits per heavy atom. The smallest absolute Gasteiger partial charge is 0.328 e. The number of carbonyl (C=O) groups is 1. The van der Waals surface area contributed by atoms with Gasteiger partial charge in [-0.2, -0.15) is 0 Å². The zero-order valence-corrected chi connectivity index (χ0v) is 12.8. The summed E-state index contributed by atoms with van der Waals surface area (Å²) in [5.41, 5.74) is -0.954. The molecule has 1 amide bonds. The van der Waals surface area contributed by atoms with Gasteiger partial charge in [0.1, 0.15) is 6.54 Å². The van der Waals surface area contributed by atoms with Gasteiger partial charge in [-0.25, -0.2) is 4.79 Å². The minimum Gasteiger partial charge on any atom is -0.338 e. The second-order valence-corrected chi connectivity index (χ2v) is 6.43. The van der Waals surface area contributed by atoms with Crippen molar-refractivity contribution in [2.45, 2.75) is 57.5 Å². The van der Waals surface area contributed by atoms with Gasteiger partial charge in [0.05, 0.1) is 0 Å². The number of aromatic nitrogens is 2. The second-order valence-electron chi connectivity index (χ2n) is 6.43. The number of nitrogens with zero attached hydrogens (tertiary/aromatic N) is 2. The van der Waals surface area contributed by atoms with Gasteiger partial charge in [0.2, 0.25) is 5.91 Å². The topological polar surface area (TPSA) is 75.2 Å². The predicted octanol–water partition coefficient (Wildman–Crippen LogP) is 1.11. The molecule has 1 N–H and O–H groups in total. The summed E-state index contributed by atoms with van der Waals surface area (Å²) in [7, 11) is 0. The highest BCUT2D eigenvalue weighted by molar-refractivity contribution is 5.76. The molecule has 1 aromatic heterocycles. The number of hydrogen-bond donors (Lipinski definition) is 1. The predicted molar refractivity (Wildman–Crippen MR) is 82.6 cm³/mol. The molecule has 0 unspecified atom stereocenters. The molecule has 2 fully saturated rings. The SMILES string of the molecule is O=C(Cn1ccc(=O)[nH]c1=O)N1CCC[C@H]1C1CCCCC1. The van der Waals surface area contributed by atoms with E-state index in [4.69, 9.17) is 0 Å². The Bertz CT molecular complexity index is 643. The summed E-state index contributed by atoms with van der Waals surface area (Å²) >= 11 is 0. The van der Waals surface area contributed by atoms with E-state index in [0.29, 0.717) is 12.0 Å². The lowest BCUT2D eigenvalue weighted by Crippen LogP contribution is -2.44. The Morgan fingerprint density at radius 3 is 2.64 bits per heavy atom. The minimum absolute atomic E-state index is 0.0118. The highest BCUT2D eigenvalue weighted by Crippen LogP contribution is 2.34. The summed E-state index contributed by atoms with van der Waals surface area (Å²) in [4.78, 5) is 39.5. The first-order chi connectivity index (χ1) is 10.6. The fourth-order valence-corrected chi connectivity index (χ4v) is 3.92. The van der Waals surface area contributed by atoms with Crippen LogP contribution in [0.1, 0.15) is 44.9 Å². The fourth-order valence-electron chi connectivity index (χ4n) is 3.92. The van der Waals surface area contributed by atoms with Crippen molar-refractivity contribution in [1.29, 1.82) is 0 Å². The third kappa shape index (κ3) is 3.15. The first-order valence-electron chi connectivity index (χ1n) is 8.24. The summed E-state index contributed by atoms with van der Waals surface area (Å²) in [6.07, 6.45) is 9.80. The summed E-state index contributed by atoms with van der Waals surface area (Å²) in [6, 6.07) is 1.61. The number of amides is 1. The lowest BCUT2D eigenvalue weighted by Gasteiger charge is -2.34. The maximum absolute atomic E-state index is 12.6. The van der Waals surface area contributed by atoms with Crippen molar-refractivity contribution in [1.82, 2.24) is 14.5 Å². The Labute approximate surface area is 129 Å². The largest absolute Gasteiger partial charge is 0.338 e. The number of likely N-dealkylation sites (tertiary alicyclic amines) is 1. The average Bonchev–Trinajstić information content (AvgIpc) is 3.00. The van der Waals surface area contributed by atoms with Gasteiger partial charge >= 0.3 is 5.69 Å². The number of H-pyrrole nitrogens is 1. The van der Waals surface area contributed by atoms with E-state index in [2.05, 4.69) is 4.98 Å². The molecule has 1 aliphatic carbocycles. The number of rotatable bonds is 3. The lowest BCUT2D eigenvalue weighted by molar-refractivity contribution is -0.133. The molecule has 0 bridgehead atoms. The third-order valence-corrected chi connectivity index (χ3v) is 5.02. The van der Waals surface area contributed by atoms with E-state index >= 15 is 0 Å². The first-order valence-corrected chi connectivity index (χ1v) is 8.24. The van der Waals surface area contributed by atoms with Crippen molar-refractivity contribution in [2.75, 3.05) is 6.54 Å². The van der Waals surface area contributed by atoms with E-state index in [0.717, 1.165) is 19.4 Å². The Morgan fingerprint density at radius 2 is 1.91 bits per heavy atom. The van der Waals surface area contributed by atoms with Crippen LogP contribution in [0.4, 0.5) is 0 Å². The van der Waals surface area contributed by atoms with Crippen molar-refractivity contribution >= 4 is 5.91 Å². The van der Waals surface area contributed by atoms with Gasteiger partial charge in [-0.05, 0) is 31.6 Å². The standard InChI is InChI=1S/C16H23N3O3/c20-14-8-10-18(16(22)17-14)11-15(21)19-9-4-7-13(19)12-5-2-1-3-6-12/h8,10,12-13H,1-7,9,11H2,(H,17,20,22)/t13-/m0/s1. The monoisotopic (exact) mass is 305 g/mol. The van der Waals surface area contributed by atoms with Crippen molar-refractivity contribution < 1.29 is 4.79 Å². The molecule has 0 radical (unpaired) electrons. The van der Waals surface area contributed by atoms with Crippen LogP contribution in [0.15, 0.2) is 21.9 Å². The van der Waals surface area contributed by atoms with Gasteiger partial charge in [0.25, 0.3) is 5.56 Å². The van der Waals surface area contributed by atoms with Gasteiger partial charge in [-0.3, -0.25) is 19.1 Å². The molecule has 1 aliphatic heterocycles. The first kappa shape index (κ1) is 15.1. The molecule has 1 aromatic rings. The van der Waals surface area contributed by atoms with E-state index in [1.807, 2.05) is 4.90 Å². The molecule has 22 heavy (non-hydrogen) atoms. The maximum Gasteiger partial charge on any atom is 0.328 e. The van der Waals surface area contributed by atoms with Crippen LogP contribution in [0.25, 0.3) is 0 Å². The van der Waals surface area contributed by atoms with Crippen LogP contribution in [0, 0.1) is 5.92 Å². The summed E-state index contributed by atoms with van der Waals surface area (Å²) in [6.45, 7) is 0.803. The summed E-state index contributed by atoms with van der Waals surface area (Å²) in [5, 5.41) is 0. The molecule has 1 atom stereocenters. The van der Waals surface area contributed by atoms with Gasteiger partial charge in [-0.15, -0.1) is 0 Å². The zero-order chi connectivity index (χ0) is 15.5. The highest BCUT2D eigenvalue weighted by Gasteiger charge is 2.35. The van der Waals surface area contributed by atoms with Crippen LogP contribution in [0.2, 0.25) is 0 Å². The highest BCUT2D eigenvalue weighted by atomic mass is 16.2. The Kier molecular flexibility index (Phi) is 4.45. The van der Waals surface area contributed by atoms with Crippen LogP contribution < -0.4 is 11.2 Å². The summed E-state index contributed by atoms with van der Waals surface area (Å²) < 4.78 is 1.28. The summed E-state index contributed by atoms with van der Waals surface area (Å²) in [5.74, 6) is 0.606.